The van der Waals surface area contributed by atoms with Crippen molar-refractivity contribution in [2.45, 2.75) is 6.92 Å². The predicted molar refractivity (Wildman–Crippen MR) is 134 cm³/mol. The monoisotopic (exact) mass is 491 g/mol. The molecule has 1 aliphatic rings. The highest BCUT2D eigenvalue weighted by atomic mass is 16.3. The fraction of sp³-hybridized carbons (Fsp3) is 0.320. The number of carbonyl (C=O) groups excluding carboxylic acids is 3. The first-order valence-corrected chi connectivity index (χ1v) is 11.8. The van der Waals surface area contributed by atoms with E-state index in [4.69, 9.17) is 4.42 Å². The fourth-order valence-electron chi connectivity index (χ4n) is 3.80. The van der Waals surface area contributed by atoms with Crippen molar-refractivity contribution < 1.29 is 18.8 Å². The van der Waals surface area contributed by atoms with Gasteiger partial charge in [-0.25, -0.2) is 9.97 Å². The Morgan fingerprint density at radius 2 is 1.69 bits per heavy atom. The molecule has 0 bridgehead atoms. The van der Waals surface area contributed by atoms with Gasteiger partial charge < -0.3 is 25.3 Å². The van der Waals surface area contributed by atoms with Crippen LogP contribution in [0.3, 0.4) is 0 Å². The maximum Gasteiger partial charge on any atom is 0.289 e. The molecule has 3 amide bonds. The zero-order chi connectivity index (χ0) is 25.3. The molecule has 2 aromatic heterocycles. The number of amides is 3. The van der Waals surface area contributed by atoms with Gasteiger partial charge in [-0.1, -0.05) is 30.3 Å². The van der Waals surface area contributed by atoms with Crippen molar-refractivity contribution >= 4 is 29.4 Å². The van der Waals surface area contributed by atoms with E-state index in [-0.39, 0.29) is 24.3 Å². The second kappa shape index (κ2) is 11.9. The highest BCUT2D eigenvalue weighted by molar-refractivity contribution is 5.92. The first-order chi connectivity index (χ1) is 17.5. The minimum Gasteiger partial charge on any atom is -0.459 e. The highest BCUT2D eigenvalue weighted by Crippen LogP contribution is 2.20. The topological polar surface area (TPSA) is 133 Å². The number of nitrogens with one attached hydrogen (secondary N) is 3. The van der Waals surface area contributed by atoms with Gasteiger partial charge in [0.2, 0.25) is 11.8 Å². The van der Waals surface area contributed by atoms with Gasteiger partial charge in [0.1, 0.15) is 11.6 Å². The summed E-state index contributed by atoms with van der Waals surface area (Å²) in [6, 6.07) is 14.5. The van der Waals surface area contributed by atoms with Gasteiger partial charge in [0.25, 0.3) is 5.91 Å². The number of benzene rings is 1. The molecule has 36 heavy (non-hydrogen) atoms. The van der Waals surface area contributed by atoms with E-state index in [1.54, 1.807) is 23.1 Å². The molecule has 0 atom stereocenters. The summed E-state index contributed by atoms with van der Waals surface area (Å²) in [5.41, 5.74) is 0.816. The van der Waals surface area contributed by atoms with Crippen LogP contribution in [0.15, 0.2) is 59.2 Å². The SMILES string of the molecule is CC(=O)NCCNc1cc(NC(=O)CN2CCN(C(=O)c3ccco3)CC2)nc(-c2ccccc2)n1. The minimum atomic E-state index is -0.206. The second-order valence-corrected chi connectivity index (χ2v) is 8.33. The van der Waals surface area contributed by atoms with Crippen LogP contribution >= 0.6 is 0 Å². The van der Waals surface area contributed by atoms with Crippen LogP contribution in [0.4, 0.5) is 11.6 Å². The Morgan fingerprint density at radius 3 is 2.39 bits per heavy atom. The van der Waals surface area contributed by atoms with Gasteiger partial charge in [-0.2, -0.15) is 0 Å². The van der Waals surface area contributed by atoms with Crippen molar-refractivity contribution in [3.63, 3.8) is 0 Å². The summed E-state index contributed by atoms with van der Waals surface area (Å²) >= 11 is 0. The number of hydrogen-bond donors (Lipinski definition) is 3. The van der Waals surface area contributed by atoms with Gasteiger partial charge >= 0.3 is 0 Å². The molecular formula is C25H29N7O4. The number of carbonyl (C=O) groups is 3. The quantitative estimate of drug-likeness (QED) is 0.385. The lowest BCUT2D eigenvalue weighted by atomic mass is 10.2. The Balaban J connectivity index is 1.36. The van der Waals surface area contributed by atoms with E-state index in [9.17, 15) is 14.4 Å². The van der Waals surface area contributed by atoms with Gasteiger partial charge in [0.05, 0.1) is 12.8 Å². The smallest absolute Gasteiger partial charge is 0.289 e. The zero-order valence-corrected chi connectivity index (χ0v) is 20.1. The summed E-state index contributed by atoms with van der Waals surface area (Å²) in [6.07, 6.45) is 1.48. The molecule has 3 N–H and O–H groups in total. The molecule has 0 spiro atoms. The van der Waals surface area contributed by atoms with E-state index in [2.05, 4.69) is 25.9 Å². The molecule has 11 nitrogen and oxygen atoms in total. The Morgan fingerprint density at radius 1 is 0.944 bits per heavy atom. The lowest BCUT2D eigenvalue weighted by Gasteiger charge is -2.33. The first-order valence-electron chi connectivity index (χ1n) is 11.8. The number of rotatable bonds is 9. The van der Waals surface area contributed by atoms with Gasteiger partial charge in [-0.05, 0) is 12.1 Å². The van der Waals surface area contributed by atoms with Crippen LogP contribution in [0.25, 0.3) is 11.4 Å². The molecule has 188 valence electrons. The lowest BCUT2D eigenvalue weighted by molar-refractivity contribution is -0.119. The standard InChI is InChI=1S/C25H29N7O4/c1-18(33)26-9-10-27-21-16-22(30-24(29-21)19-6-3-2-4-7-19)28-23(34)17-31-11-13-32(14-12-31)25(35)20-8-5-15-36-20/h2-8,15-16H,9-14,17H2,1H3,(H,26,33)(H2,27,28,29,30,34). The Bertz CT molecular complexity index is 1180. The fourth-order valence-corrected chi connectivity index (χ4v) is 3.80. The van der Waals surface area contributed by atoms with Crippen molar-refractivity contribution in [1.29, 1.82) is 0 Å². The molecule has 4 rings (SSSR count). The number of furan rings is 1. The Kier molecular flexibility index (Phi) is 8.24. The summed E-state index contributed by atoms with van der Waals surface area (Å²) < 4.78 is 5.19. The van der Waals surface area contributed by atoms with Crippen LogP contribution in [0.5, 0.6) is 0 Å². The molecule has 0 radical (unpaired) electrons. The third-order valence-corrected chi connectivity index (χ3v) is 5.59. The van der Waals surface area contributed by atoms with E-state index < -0.39 is 0 Å². The Labute approximate surface area is 208 Å². The van der Waals surface area contributed by atoms with Crippen LogP contribution in [0.2, 0.25) is 0 Å². The van der Waals surface area contributed by atoms with Crippen molar-refractivity contribution in [2.24, 2.45) is 0 Å². The number of aromatic nitrogens is 2. The average molecular weight is 492 g/mol. The van der Waals surface area contributed by atoms with Gasteiger partial charge in [0, 0.05) is 57.8 Å². The molecule has 1 fully saturated rings. The average Bonchev–Trinajstić information content (AvgIpc) is 3.42. The molecular weight excluding hydrogens is 462 g/mol. The van der Waals surface area contributed by atoms with E-state index in [1.165, 1.54) is 13.2 Å². The first kappa shape index (κ1) is 24.9. The molecule has 3 heterocycles. The van der Waals surface area contributed by atoms with Crippen molar-refractivity contribution in [1.82, 2.24) is 25.1 Å². The molecule has 1 aliphatic heterocycles. The number of anilines is 2. The summed E-state index contributed by atoms with van der Waals surface area (Å²) in [4.78, 5) is 49.1. The number of piperazine rings is 1. The van der Waals surface area contributed by atoms with E-state index in [0.29, 0.717) is 62.5 Å². The van der Waals surface area contributed by atoms with Crippen molar-refractivity contribution in [2.75, 3.05) is 56.4 Å². The largest absolute Gasteiger partial charge is 0.459 e. The lowest BCUT2D eigenvalue weighted by Crippen LogP contribution is -2.50. The van der Waals surface area contributed by atoms with Crippen LogP contribution in [0.1, 0.15) is 17.5 Å². The Hall–Kier alpha value is -4.25. The molecule has 1 aromatic carbocycles. The summed E-state index contributed by atoms with van der Waals surface area (Å²) in [7, 11) is 0. The van der Waals surface area contributed by atoms with Gasteiger partial charge in [0.15, 0.2) is 11.6 Å². The molecule has 1 saturated heterocycles. The number of hydrogen-bond acceptors (Lipinski definition) is 8. The van der Waals surface area contributed by atoms with E-state index >= 15 is 0 Å². The molecule has 3 aromatic rings. The predicted octanol–water partition coefficient (Wildman–Crippen LogP) is 1.68. The molecule has 0 saturated carbocycles. The van der Waals surface area contributed by atoms with Crippen molar-refractivity contribution in [3.8, 4) is 11.4 Å². The minimum absolute atomic E-state index is 0.108. The van der Waals surface area contributed by atoms with Gasteiger partial charge in [-0.15, -0.1) is 0 Å². The van der Waals surface area contributed by atoms with Crippen LogP contribution in [0, 0.1) is 0 Å². The van der Waals surface area contributed by atoms with E-state index in [0.717, 1.165) is 5.56 Å². The van der Waals surface area contributed by atoms with Crippen molar-refractivity contribution in [3.05, 3.63) is 60.6 Å². The maximum absolute atomic E-state index is 12.8. The van der Waals surface area contributed by atoms with Gasteiger partial charge in [-0.3, -0.25) is 19.3 Å². The zero-order valence-electron chi connectivity index (χ0n) is 20.1. The maximum atomic E-state index is 12.8. The summed E-state index contributed by atoms with van der Waals surface area (Å²) in [6.45, 7) is 4.74. The molecule has 0 unspecified atom stereocenters. The summed E-state index contributed by atoms with van der Waals surface area (Å²) in [5.74, 6) is 1.25. The second-order valence-electron chi connectivity index (χ2n) is 8.33. The van der Waals surface area contributed by atoms with Crippen LogP contribution in [-0.2, 0) is 9.59 Å². The third kappa shape index (κ3) is 6.89. The number of nitrogens with zero attached hydrogens (tertiary/aromatic N) is 4. The van der Waals surface area contributed by atoms with Crippen LogP contribution in [-0.4, -0.2) is 83.3 Å². The summed E-state index contributed by atoms with van der Waals surface area (Å²) in [5, 5.41) is 8.75. The van der Waals surface area contributed by atoms with E-state index in [1.807, 2.05) is 35.2 Å². The van der Waals surface area contributed by atoms with Crippen LogP contribution < -0.4 is 16.0 Å². The highest BCUT2D eigenvalue weighted by Gasteiger charge is 2.24. The molecule has 11 heteroatoms. The third-order valence-electron chi connectivity index (χ3n) is 5.59. The molecule has 0 aliphatic carbocycles. The normalized spacial score (nSPS) is 13.8.